The molecule has 176 valence electrons. The molecule has 0 radical (unpaired) electrons. The fourth-order valence-corrected chi connectivity index (χ4v) is 6.93. The topological polar surface area (TPSA) is 63.7 Å². The van der Waals surface area contributed by atoms with Gasteiger partial charge in [-0.25, -0.2) is 4.39 Å². The molecule has 0 N–H and O–H groups in total. The number of amides is 2. The first-order chi connectivity index (χ1) is 16.8. The minimum Gasteiger partial charge on any atom is -0.459 e. The van der Waals surface area contributed by atoms with Gasteiger partial charge in [-0.15, -0.1) is 23.2 Å². The molecule has 2 atom stereocenters. The minimum atomic E-state index is -1.31. The molecule has 3 aromatic rings. The molecule has 2 bridgehead atoms. The van der Waals surface area contributed by atoms with Crippen molar-refractivity contribution in [3.8, 4) is 0 Å². The van der Waals surface area contributed by atoms with Crippen molar-refractivity contribution < 1.29 is 23.5 Å². The van der Waals surface area contributed by atoms with Gasteiger partial charge in [0.2, 0.25) is 11.8 Å². The number of alkyl halides is 2. The Labute approximate surface area is 210 Å². The highest BCUT2D eigenvalue weighted by Crippen LogP contribution is 2.69. The molecule has 0 unspecified atom stereocenters. The van der Waals surface area contributed by atoms with Gasteiger partial charge < -0.3 is 4.74 Å². The standard InChI is InChI=1S/C27H18Cl2FNO4/c28-26-16-8-2-3-9-17(16)27(29,19-11-5-4-10-18(19)26)23-22(26)24(33)31(25(23)34)13-21(32)35-14-15-7-1-6-12-20(15)30/h1-12,22-23H,13-14H2/t22-,23-,26?,27?/m1/s1. The number of hydrogen-bond acceptors (Lipinski definition) is 4. The summed E-state index contributed by atoms with van der Waals surface area (Å²) >= 11 is 14.7. The van der Waals surface area contributed by atoms with E-state index in [1.807, 2.05) is 48.5 Å². The Morgan fingerprint density at radius 2 is 1.23 bits per heavy atom. The van der Waals surface area contributed by atoms with Gasteiger partial charge in [-0.05, 0) is 28.3 Å². The Bertz CT molecular complexity index is 1300. The second-order valence-electron chi connectivity index (χ2n) is 8.98. The monoisotopic (exact) mass is 509 g/mol. The molecule has 7 rings (SSSR count). The third-order valence-electron chi connectivity index (χ3n) is 7.31. The van der Waals surface area contributed by atoms with Crippen molar-refractivity contribution in [2.24, 2.45) is 11.8 Å². The summed E-state index contributed by atoms with van der Waals surface area (Å²) in [4.78, 5) is 38.2. The zero-order chi connectivity index (χ0) is 24.5. The van der Waals surface area contributed by atoms with Gasteiger partial charge in [0.05, 0.1) is 11.8 Å². The zero-order valence-electron chi connectivity index (χ0n) is 18.2. The van der Waals surface area contributed by atoms with Crippen molar-refractivity contribution in [1.29, 1.82) is 0 Å². The second-order valence-corrected chi connectivity index (χ2v) is 10.2. The van der Waals surface area contributed by atoms with E-state index in [0.717, 1.165) is 4.90 Å². The number of nitrogens with zero attached hydrogens (tertiary/aromatic N) is 1. The molecule has 1 saturated heterocycles. The Balaban J connectivity index is 1.36. The van der Waals surface area contributed by atoms with E-state index in [1.165, 1.54) is 18.2 Å². The lowest BCUT2D eigenvalue weighted by Gasteiger charge is -2.54. The quantitative estimate of drug-likeness (QED) is 0.296. The minimum absolute atomic E-state index is 0.192. The maximum absolute atomic E-state index is 13.9. The lowest BCUT2D eigenvalue weighted by atomic mass is 9.54. The van der Waals surface area contributed by atoms with Crippen LogP contribution in [0.25, 0.3) is 0 Å². The highest BCUT2D eigenvalue weighted by molar-refractivity contribution is 6.36. The average molecular weight is 510 g/mol. The summed E-state index contributed by atoms with van der Waals surface area (Å²) in [5.74, 6) is -4.47. The Morgan fingerprint density at radius 3 is 1.69 bits per heavy atom. The van der Waals surface area contributed by atoms with Crippen molar-refractivity contribution in [3.05, 3.63) is 106 Å². The number of carbonyl (C=O) groups is 3. The molecule has 2 amide bonds. The Morgan fingerprint density at radius 1 is 0.800 bits per heavy atom. The predicted molar refractivity (Wildman–Crippen MR) is 126 cm³/mol. The van der Waals surface area contributed by atoms with Crippen LogP contribution in [0.5, 0.6) is 0 Å². The van der Waals surface area contributed by atoms with Gasteiger partial charge in [0.1, 0.15) is 28.7 Å². The largest absolute Gasteiger partial charge is 0.459 e. The van der Waals surface area contributed by atoms with Crippen LogP contribution in [0, 0.1) is 17.7 Å². The number of esters is 1. The van der Waals surface area contributed by atoms with E-state index in [2.05, 4.69) is 0 Å². The molecular weight excluding hydrogens is 492 g/mol. The van der Waals surface area contributed by atoms with Gasteiger partial charge in [0.15, 0.2) is 0 Å². The lowest BCUT2D eigenvalue weighted by Crippen LogP contribution is -2.57. The van der Waals surface area contributed by atoms with Crippen LogP contribution in [0.3, 0.4) is 0 Å². The van der Waals surface area contributed by atoms with E-state index in [1.54, 1.807) is 6.07 Å². The number of likely N-dealkylation sites (tertiary alicyclic amines) is 1. The van der Waals surface area contributed by atoms with Crippen molar-refractivity contribution in [2.45, 2.75) is 16.4 Å². The molecule has 5 nitrogen and oxygen atoms in total. The van der Waals surface area contributed by atoms with E-state index in [9.17, 15) is 18.8 Å². The van der Waals surface area contributed by atoms with Crippen LogP contribution in [-0.4, -0.2) is 29.2 Å². The van der Waals surface area contributed by atoms with Crippen LogP contribution < -0.4 is 0 Å². The molecule has 8 heteroatoms. The molecule has 0 spiro atoms. The summed E-state index contributed by atoms with van der Waals surface area (Å²) < 4.78 is 19.0. The highest BCUT2D eigenvalue weighted by Gasteiger charge is 2.73. The van der Waals surface area contributed by atoms with Crippen molar-refractivity contribution in [3.63, 3.8) is 0 Å². The number of imide groups is 1. The van der Waals surface area contributed by atoms with Crippen molar-refractivity contribution in [2.75, 3.05) is 6.54 Å². The predicted octanol–water partition coefficient (Wildman–Crippen LogP) is 4.46. The van der Waals surface area contributed by atoms with E-state index < -0.39 is 51.7 Å². The number of ether oxygens (including phenoxy) is 1. The third kappa shape index (κ3) is 2.84. The first-order valence-electron chi connectivity index (χ1n) is 11.1. The molecule has 1 fully saturated rings. The first kappa shape index (κ1) is 22.3. The Kier molecular flexibility index (Phi) is 4.86. The maximum atomic E-state index is 13.9. The fourth-order valence-electron chi connectivity index (χ4n) is 5.83. The average Bonchev–Trinajstić information content (AvgIpc) is 3.13. The number of carbonyl (C=O) groups excluding carboxylic acids is 3. The summed E-state index contributed by atoms with van der Waals surface area (Å²) in [6.45, 7) is -0.921. The van der Waals surface area contributed by atoms with E-state index in [4.69, 9.17) is 27.9 Å². The molecule has 1 aliphatic heterocycles. The summed E-state index contributed by atoms with van der Waals surface area (Å²) in [5, 5.41) is 0. The van der Waals surface area contributed by atoms with Crippen LogP contribution in [0.1, 0.15) is 27.8 Å². The number of benzene rings is 3. The first-order valence-corrected chi connectivity index (χ1v) is 11.9. The summed E-state index contributed by atoms with van der Waals surface area (Å²) in [6, 6.07) is 20.5. The highest BCUT2D eigenvalue weighted by atomic mass is 35.5. The normalized spacial score (nSPS) is 27.9. The number of halogens is 3. The molecule has 35 heavy (non-hydrogen) atoms. The second kappa shape index (κ2) is 7.64. The van der Waals surface area contributed by atoms with E-state index in [0.29, 0.717) is 22.3 Å². The summed E-state index contributed by atoms with van der Waals surface area (Å²) in [5.41, 5.74) is 2.92. The molecule has 4 aliphatic rings. The zero-order valence-corrected chi connectivity index (χ0v) is 19.7. The molecular formula is C27H18Cl2FNO4. The number of hydrogen-bond donors (Lipinski definition) is 0. The number of rotatable bonds is 4. The van der Waals surface area contributed by atoms with Crippen molar-refractivity contribution in [1.82, 2.24) is 4.90 Å². The third-order valence-corrected chi connectivity index (χ3v) is 8.59. The smallest absolute Gasteiger partial charge is 0.326 e. The van der Waals surface area contributed by atoms with Gasteiger partial charge in [-0.1, -0.05) is 66.7 Å². The molecule has 1 heterocycles. The van der Waals surface area contributed by atoms with Crippen LogP contribution in [-0.2, 0) is 35.5 Å². The van der Waals surface area contributed by atoms with Crippen LogP contribution >= 0.6 is 23.2 Å². The Hall–Kier alpha value is -3.22. The van der Waals surface area contributed by atoms with Gasteiger partial charge in [-0.2, -0.15) is 0 Å². The maximum Gasteiger partial charge on any atom is 0.326 e. The summed E-state index contributed by atoms with van der Waals surface area (Å²) in [7, 11) is 0. The van der Waals surface area contributed by atoms with Gasteiger partial charge >= 0.3 is 5.97 Å². The molecule has 3 aromatic carbocycles. The van der Waals surface area contributed by atoms with Crippen LogP contribution in [0.2, 0.25) is 0 Å². The van der Waals surface area contributed by atoms with E-state index >= 15 is 0 Å². The SMILES string of the molecule is O=C(CN1C(=O)[C@H]2[C@H](C1=O)C1(Cl)c3ccccc3C2(Cl)c2ccccc21)OCc1ccccc1F. The fraction of sp³-hybridized carbons (Fsp3) is 0.222. The van der Waals surface area contributed by atoms with Crippen molar-refractivity contribution >= 4 is 41.0 Å². The van der Waals surface area contributed by atoms with Gasteiger partial charge in [-0.3, -0.25) is 19.3 Å². The van der Waals surface area contributed by atoms with Gasteiger partial charge in [0.25, 0.3) is 0 Å². The molecule has 0 saturated carbocycles. The summed E-state index contributed by atoms with van der Waals surface area (Å²) in [6.07, 6.45) is 0. The van der Waals surface area contributed by atoms with Crippen LogP contribution in [0.4, 0.5) is 4.39 Å². The lowest BCUT2D eigenvalue weighted by molar-refractivity contribution is -0.154. The van der Waals surface area contributed by atoms with Gasteiger partial charge in [0, 0.05) is 5.56 Å². The molecule has 0 aromatic heterocycles. The van der Waals surface area contributed by atoms with E-state index in [-0.39, 0.29) is 12.2 Å². The van der Waals surface area contributed by atoms with Crippen LogP contribution in [0.15, 0.2) is 72.8 Å². The molecule has 3 aliphatic carbocycles.